The first kappa shape index (κ1) is 17.2. The normalized spacial score (nSPS) is 13.3. The molecule has 1 aromatic carbocycles. The number of rotatable bonds is 5. The number of anilines is 1. The summed E-state index contributed by atoms with van der Waals surface area (Å²) in [5.41, 5.74) is 7.94. The maximum absolute atomic E-state index is 12.4. The molecular formula is C18H18N2O4S. The fourth-order valence-electron chi connectivity index (χ4n) is 2.94. The summed E-state index contributed by atoms with van der Waals surface area (Å²) in [4.78, 5) is 38.9. The second-order valence-corrected chi connectivity index (χ2v) is 6.80. The van der Waals surface area contributed by atoms with Gasteiger partial charge in [0.25, 0.3) is 11.8 Å². The lowest BCUT2D eigenvalue weighted by molar-refractivity contribution is 0.0525. The Balaban J connectivity index is 1.77. The highest BCUT2D eigenvalue weighted by molar-refractivity contribution is 7.16. The van der Waals surface area contributed by atoms with E-state index in [1.807, 2.05) is 0 Å². The summed E-state index contributed by atoms with van der Waals surface area (Å²) in [6, 6.07) is 6.79. The highest BCUT2D eigenvalue weighted by Crippen LogP contribution is 2.32. The Labute approximate surface area is 149 Å². The zero-order valence-corrected chi connectivity index (χ0v) is 14.8. The topological polar surface area (TPSA) is 89.7 Å². The molecule has 25 heavy (non-hydrogen) atoms. The monoisotopic (exact) mass is 358 g/mol. The van der Waals surface area contributed by atoms with E-state index in [-0.39, 0.29) is 25.0 Å². The van der Waals surface area contributed by atoms with Gasteiger partial charge in [-0.25, -0.2) is 4.79 Å². The third kappa shape index (κ3) is 2.91. The van der Waals surface area contributed by atoms with Crippen molar-refractivity contribution in [2.45, 2.75) is 20.3 Å². The van der Waals surface area contributed by atoms with Crippen LogP contribution in [-0.4, -0.2) is 35.8 Å². The minimum atomic E-state index is -0.444. The predicted molar refractivity (Wildman–Crippen MR) is 94.9 cm³/mol. The van der Waals surface area contributed by atoms with Crippen LogP contribution in [0.1, 0.15) is 48.4 Å². The molecule has 1 aromatic heterocycles. The lowest BCUT2D eigenvalue weighted by atomic mass is 10.1. The fourth-order valence-corrected chi connectivity index (χ4v) is 3.99. The summed E-state index contributed by atoms with van der Waals surface area (Å²) in [6.45, 7) is 4.06. The third-order valence-corrected chi connectivity index (χ3v) is 5.37. The van der Waals surface area contributed by atoms with Crippen LogP contribution in [0.15, 0.2) is 24.3 Å². The second-order valence-electron chi connectivity index (χ2n) is 5.67. The van der Waals surface area contributed by atoms with Crippen molar-refractivity contribution < 1.29 is 19.1 Å². The molecule has 1 aliphatic heterocycles. The zero-order chi connectivity index (χ0) is 18.1. The largest absolute Gasteiger partial charge is 0.462 e. The molecular weight excluding hydrogens is 340 g/mol. The van der Waals surface area contributed by atoms with E-state index in [0.29, 0.717) is 28.1 Å². The van der Waals surface area contributed by atoms with Gasteiger partial charge in [-0.3, -0.25) is 14.5 Å². The molecule has 2 N–H and O–H groups in total. The number of fused-ring (bicyclic) bond motifs is 1. The van der Waals surface area contributed by atoms with E-state index in [4.69, 9.17) is 10.5 Å². The van der Waals surface area contributed by atoms with Crippen LogP contribution in [0.4, 0.5) is 5.00 Å². The van der Waals surface area contributed by atoms with E-state index in [2.05, 4.69) is 0 Å². The SMILES string of the molecule is CCOC(=O)c1c(N)sc(CCN2C(=O)c3ccccc3C2=O)c1C. The Morgan fingerprint density at radius 2 is 1.80 bits per heavy atom. The maximum Gasteiger partial charge on any atom is 0.341 e. The average molecular weight is 358 g/mol. The number of imide groups is 1. The molecule has 1 aliphatic rings. The zero-order valence-electron chi connectivity index (χ0n) is 14.0. The molecule has 7 heteroatoms. The number of ether oxygens (including phenoxy) is 1. The molecule has 0 atom stereocenters. The van der Waals surface area contributed by atoms with Crippen molar-refractivity contribution in [2.75, 3.05) is 18.9 Å². The van der Waals surface area contributed by atoms with Crippen LogP contribution in [0.2, 0.25) is 0 Å². The number of hydrogen-bond donors (Lipinski definition) is 1. The first-order valence-electron chi connectivity index (χ1n) is 7.95. The van der Waals surface area contributed by atoms with E-state index < -0.39 is 5.97 Å². The van der Waals surface area contributed by atoms with Crippen LogP contribution in [0.3, 0.4) is 0 Å². The van der Waals surface area contributed by atoms with Crippen LogP contribution >= 0.6 is 11.3 Å². The van der Waals surface area contributed by atoms with Crippen LogP contribution in [0.25, 0.3) is 0 Å². The first-order chi connectivity index (χ1) is 12.0. The van der Waals surface area contributed by atoms with E-state index in [9.17, 15) is 14.4 Å². The highest BCUT2D eigenvalue weighted by atomic mass is 32.1. The van der Waals surface area contributed by atoms with Gasteiger partial charge in [-0.05, 0) is 31.5 Å². The van der Waals surface area contributed by atoms with Gasteiger partial charge >= 0.3 is 5.97 Å². The molecule has 0 saturated heterocycles. The molecule has 3 rings (SSSR count). The number of benzene rings is 1. The Bertz CT molecular complexity index is 837. The number of esters is 1. The lowest BCUT2D eigenvalue weighted by Gasteiger charge is -2.13. The van der Waals surface area contributed by atoms with Crippen LogP contribution < -0.4 is 5.73 Å². The Morgan fingerprint density at radius 3 is 2.36 bits per heavy atom. The van der Waals surface area contributed by atoms with E-state index in [1.165, 1.54) is 16.2 Å². The van der Waals surface area contributed by atoms with Gasteiger partial charge in [-0.1, -0.05) is 12.1 Å². The molecule has 2 aromatic rings. The van der Waals surface area contributed by atoms with Crippen molar-refractivity contribution >= 4 is 34.1 Å². The van der Waals surface area contributed by atoms with Crippen molar-refractivity contribution in [3.05, 3.63) is 51.4 Å². The smallest absolute Gasteiger partial charge is 0.341 e. The number of carbonyl (C=O) groups is 3. The summed E-state index contributed by atoms with van der Waals surface area (Å²) >= 11 is 1.29. The summed E-state index contributed by atoms with van der Waals surface area (Å²) in [5, 5.41) is 0.397. The molecule has 2 amide bonds. The summed E-state index contributed by atoms with van der Waals surface area (Å²) in [7, 11) is 0. The molecule has 0 aliphatic carbocycles. The van der Waals surface area contributed by atoms with Gasteiger partial charge in [-0.2, -0.15) is 0 Å². The highest BCUT2D eigenvalue weighted by Gasteiger charge is 2.35. The van der Waals surface area contributed by atoms with Gasteiger partial charge in [0.2, 0.25) is 0 Å². The number of nitrogen functional groups attached to an aromatic ring is 1. The van der Waals surface area contributed by atoms with Gasteiger partial charge in [0, 0.05) is 17.8 Å². The molecule has 0 spiro atoms. The Kier molecular flexibility index (Phi) is 4.59. The van der Waals surface area contributed by atoms with Crippen molar-refractivity contribution in [3.63, 3.8) is 0 Å². The number of amides is 2. The molecule has 130 valence electrons. The second kappa shape index (κ2) is 6.68. The van der Waals surface area contributed by atoms with Crippen molar-refractivity contribution in [1.29, 1.82) is 0 Å². The minimum Gasteiger partial charge on any atom is -0.462 e. The van der Waals surface area contributed by atoms with E-state index >= 15 is 0 Å². The van der Waals surface area contributed by atoms with E-state index in [1.54, 1.807) is 38.1 Å². The van der Waals surface area contributed by atoms with Crippen molar-refractivity contribution in [3.8, 4) is 0 Å². The van der Waals surface area contributed by atoms with Gasteiger partial charge in [0.15, 0.2) is 0 Å². The molecule has 0 fully saturated rings. The maximum atomic E-state index is 12.4. The number of hydrogen-bond acceptors (Lipinski definition) is 6. The first-order valence-corrected chi connectivity index (χ1v) is 8.77. The van der Waals surface area contributed by atoms with Crippen molar-refractivity contribution in [1.82, 2.24) is 4.90 Å². The molecule has 0 unspecified atom stereocenters. The number of nitrogens with zero attached hydrogens (tertiary/aromatic N) is 1. The molecule has 0 saturated carbocycles. The van der Waals surface area contributed by atoms with E-state index in [0.717, 1.165) is 10.4 Å². The van der Waals surface area contributed by atoms with Crippen LogP contribution in [0, 0.1) is 6.92 Å². The van der Waals surface area contributed by atoms with Crippen molar-refractivity contribution in [2.24, 2.45) is 0 Å². The Morgan fingerprint density at radius 1 is 1.20 bits per heavy atom. The Hall–Kier alpha value is -2.67. The lowest BCUT2D eigenvalue weighted by Crippen LogP contribution is -2.31. The van der Waals surface area contributed by atoms with Crippen LogP contribution in [-0.2, 0) is 11.2 Å². The fraction of sp³-hybridized carbons (Fsp3) is 0.278. The van der Waals surface area contributed by atoms with Gasteiger partial charge in [0.1, 0.15) is 5.00 Å². The van der Waals surface area contributed by atoms with Gasteiger partial charge in [-0.15, -0.1) is 11.3 Å². The molecule has 0 radical (unpaired) electrons. The minimum absolute atomic E-state index is 0.245. The standard InChI is InChI=1S/C18H18N2O4S/c1-3-24-18(23)14-10(2)13(25-15(14)19)8-9-20-16(21)11-6-4-5-7-12(11)17(20)22/h4-7H,3,8-9,19H2,1-2H3. The van der Waals surface area contributed by atoms with Gasteiger partial charge in [0.05, 0.1) is 23.3 Å². The average Bonchev–Trinajstić information content (AvgIpc) is 3.01. The summed E-state index contributed by atoms with van der Waals surface area (Å²) in [6.07, 6.45) is 0.450. The number of thiophene rings is 1. The molecule has 6 nitrogen and oxygen atoms in total. The third-order valence-electron chi connectivity index (χ3n) is 4.19. The predicted octanol–water partition coefficient (Wildman–Crippen LogP) is 2.65. The summed E-state index contributed by atoms with van der Waals surface area (Å²) in [5.74, 6) is -1.01. The molecule has 2 heterocycles. The number of carbonyl (C=O) groups excluding carboxylic acids is 3. The quantitative estimate of drug-likeness (QED) is 0.655. The number of nitrogens with two attached hydrogens (primary N) is 1. The van der Waals surface area contributed by atoms with Crippen LogP contribution in [0.5, 0.6) is 0 Å². The molecule has 0 bridgehead atoms. The summed E-state index contributed by atoms with van der Waals surface area (Å²) < 4.78 is 5.03. The van der Waals surface area contributed by atoms with Gasteiger partial charge < -0.3 is 10.5 Å².